The number of esters is 1. The second kappa shape index (κ2) is 4.62. The highest BCUT2D eigenvalue weighted by molar-refractivity contribution is 7.20. The molecule has 16 heavy (non-hydrogen) atoms. The van der Waals surface area contributed by atoms with Gasteiger partial charge in [0.05, 0.1) is 16.7 Å². The average molecular weight is 275 g/mol. The van der Waals surface area contributed by atoms with Crippen LogP contribution in [0.2, 0.25) is 10.0 Å². The van der Waals surface area contributed by atoms with Gasteiger partial charge < -0.3 is 4.74 Å². The van der Waals surface area contributed by atoms with Crippen LogP contribution in [0.4, 0.5) is 0 Å². The van der Waals surface area contributed by atoms with E-state index in [-0.39, 0.29) is 5.97 Å². The largest absolute Gasteiger partial charge is 0.462 e. The Morgan fingerprint density at radius 2 is 2.00 bits per heavy atom. The van der Waals surface area contributed by atoms with Crippen molar-refractivity contribution in [1.82, 2.24) is 0 Å². The molecule has 0 fully saturated rings. The van der Waals surface area contributed by atoms with E-state index in [9.17, 15) is 4.79 Å². The summed E-state index contributed by atoms with van der Waals surface area (Å²) in [7, 11) is 0. The molecule has 0 unspecified atom stereocenters. The molecule has 0 atom stereocenters. The zero-order chi connectivity index (χ0) is 11.7. The first-order valence-electron chi connectivity index (χ1n) is 4.67. The molecular weight excluding hydrogens is 267 g/mol. The molecule has 0 radical (unpaired) electrons. The van der Waals surface area contributed by atoms with Gasteiger partial charge in [0, 0.05) is 4.70 Å². The first-order chi connectivity index (χ1) is 7.61. The van der Waals surface area contributed by atoms with Crippen molar-refractivity contribution in [2.75, 3.05) is 6.61 Å². The van der Waals surface area contributed by atoms with Gasteiger partial charge in [-0.25, -0.2) is 4.79 Å². The summed E-state index contributed by atoms with van der Waals surface area (Å²) < 4.78 is 5.85. The van der Waals surface area contributed by atoms with Gasteiger partial charge in [-0.05, 0) is 30.5 Å². The molecule has 2 nitrogen and oxygen atoms in total. The van der Waals surface area contributed by atoms with Crippen LogP contribution in [0.1, 0.15) is 16.6 Å². The molecule has 84 valence electrons. The van der Waals surface area contributed by atoms with Crippen molar-refractivity contribution < 1.29 is 9.53 Å². The van der Waals surface area contributed by atoms with Crippen molar-refractivity contribution in [1.29, 1.82) is 0 Å². The molecular formula is C11H8Cl2O2S. The summed E-state index contributed by atoms with van der Waals surface area (Å²) in [5, 5.41) is 1.89. The number of thiophene rings is 1. The zero-order valence-electron chi connectivity index (χ0n) is 8.42. The summed E-state index contributed by atoms with van der Waals surface area (Å²) in [4.78, 5) is 12.1. The highest BCUT2D eigenvalue weighted by Gasteiger charge is 2.12. The molecule has 2 rings (SSSR count). The Bertz CT molecular complexity index is 509. The van der Waals surface area contributed by atoms with Gasteiger partial charge in [0.15, 0.2) is 0 Å². The van der Waals surface area contributed by atoms with Crippen LogP contribution < -0.4 is 0 Å². The predicted molar refractivity (Wildman–Crippen MR) is 67.8 cm³/mol. The lowest BCUT2D eigenvalue weighted by Crippen LogP contribution is -2.01. The quantitative estimate of drug-likeness (QED) is 0.760. The number of carbonyl (C=O) groups excluding carboxylic acids is 1. The first-order valence-corrected chi connectivity index (χ1v) is 6.24. The molecule has 0 spiro atoms. The van der Waals surface area contributed by atoms with E-state index in [2.05, 4.69) is 0 Å². The average Bonchev–Trinajstić information content (AvgIpc) is 2.62. The third-order valence-corrected chi connectivity index (χ3v) is 3.84. The van der Waals surface area contributed by atoms with Crippen molar-refractivity contribution >= 4 is 50.6 Å². The Balaban J connectivity index is 2.48. The maximum atomic E-state index is 11.5. The molecule has 2 aromatic rings. The molecule has 0 aliphatic rings. The monoisotopic (exact) mass is 274 g/mol. The highest BCUT2D eigenvalue weighted by atomic mass is 35.5. The number of hydrogen-bond acceptors (Lipinski definition) is 3. The molecule has 5 heteroatoms. The number of fused-ring (bicyclic) bond motifs is 1. The Morgan fingerprint density at radius 1 is 1.31 bits per heavy atom. The van der Waals surface area contributed by atoms with Gasteiger partial charge in [-0.15, -0.1) is 11.3 Å². The Hall–Kier alpha value is -0.770. The van der Waals surface area contributed by atoms with Crippen LogP contribution in [0.15, 0.2) is 18.2 Å². The number of halogens is 2. The molecule has 0 amide bonds. The number of benzene rings is 1. The van der Waals surface area contributed by atoms with Gasteiger partial charge >= 0.3 is 5.97 Å². The lowest BCUT2D eigenvalue weighted by molar-refractivity contribution is 0.0532. The summed E-state index contributed by atoms with van der Waals surface area (Å²) in [5.41, 5.74) is 0. The van der Waals surface area contributed by atoms with Crippen molar-refractivity contribution in [3.05, 3.63) is 33.1 Å². The minimum absolute atomic E-state index is 0.309. The third-order valence-electron chi connectivity index (χ3n) is 2.04. The van der Waals surface area contributed by atoms with Crippen LogP contribution in [-0.4, -0.2) is 12.6 Å². The Labute approximate surface area is 107 Å². The predicted octanol–water partition coefficient (Wildman–Crippen LogP) is 4.38. The van der Waals surface area contributed by atoms with E-state index in [0.717, 1.165) is 10.1 Å². The maximum Gasteiger partial charge on any atom is 0.348 e. The van der Waals surface area contributed by atoms with E-state index in [1.54, 1.807) is 25.1 Å². The second-order valence-electron chi connectivity index (χ2n) is 3.14. The van der Waals surface area contributed by atoms with Crippen molar-refractivity contribution in [2.24, 2.45) is 0 Å². The standard InChI is InChI=1S/C11H8Cl2O2S/c1-2-15-11(14)10-4-6-3-7(12)8(13)5-9(6)16-10/h3-5H,2H2,1H3. The molecule has 0 bridgehead atoms. The summed E-state index contributed by atoms with van der Waals surface area (Å²) in [6.07, 6.45) is 0. The van der Waals surface area contributed by atoms with Crippen molar-refractivity contribution in [2.45, 2.75) is 6.92 Å². The maximum absolute atomic E-state index is 11.5. The van der Waals surface area contributed by atoms with E-state index in [0.29, 0.717) is 21.5 Å². The number of rotatable bonds is 2. The zero-order valence-corrected chi connectivity index (χ0v) is 10.7. The fourth-order valence-corrected chi connectivity index (χ4v) is 2.72. The topological polar surface area (TPSA) is 26.3 Å². The second-order valence-corrected chi connectivity index (χ2v) is 5.03. The summed E-state index contributed by atoms with van der Waals surface area (Å²) in [6.45, 7) is 2.15. The first kappa shape index (κ1) is 11.7. The van der Waals surface area contributed by atoms with Gasteiger partial charge in [0.25, 0.3) is 0 Å². The summed E-state index contributed by atoms with van der Waals surface area (Å²) in [6, 6.07) is 5.27. The van der Waals surface area contributed by atoms with Gasteiger partial charge in [-0.2, -0.15) is 0 Å². The van der Waals surface area contributed by atoms with E-state index < -0.39 is 0 Å². The summed E-state index contributed by atoms with van der Waals surface area (Å²) in [5.74, 6) is -0.309. The van der Waals surface area contributed by atoms with E-state index in [1.165, 1.54) is 11.3 Å². The van der Waals surface area contributed by atoms with E-state index in [4.69, 9.17) is 27.9 Å². The van der Waals surface area contributed by atoms with Gasteiger partial charge in [-0.1, -0.05) is 23.2 Å². The molecule has 0 saturated carbocycles. The van der Waals surface area contributed by atoms with Crippen LogP contribution in [0.3, 0.4) is 0 Å². The smallest absolute Gasteiger partial charge is 0.348 e. The molecule has 0 aliphatic carbocycles. The lowest BCUT2D eigenvalue weighted by Gasteiger charge is -1.95. The Morgan fingerprint density at radius 3 is 2.69 bits per heavy atom. The van der Waals surface area contributed by atoms with Crippen LogP contribution in [0, 0.1) is 0 Å². The van der Waals surface area contributed by atoms with E-state index >= 15 is 0 Å². The fraction of sp³-hybridized carbons (Fsp3) is 0.182. The lowest BCUT2D eigenvalue weighted by atomic mass is 10.2. The normalized spacial score (nSPS) is 10.7. The minimum Gasteiger partial charge on any atom is -0.462 e. The minimum atomic E-state index is -0.309. The number of ether oxygens (including phenoxy) is 1. The van der Waals surface area contributed by atoms with Crippen LogP contribution in [-0.2, 0) is 4.74 Å². The van der Waals surface area contributed by atoms with Gasteiger partial charge in [0.1, 0.15) is 4.88 Å². The fourth-order valence-electron chi connectivity index (χ4n) is 1.34. The molecule has 0 aliphatic heterocycles. The molecule has 0 N–H and O–H groups in total. The van der Waals surface area contributed by atoms with Gasteiger partial charge in [0.2, 0.25) is 0 Å². The van der Waals surface area contributed by atoms with Crippen LogP contribution in [0.5, 0.6) is 0 Å². The SMILES string of the molecule is CCOC(=O)c1cc2cc(Cl)c(Cl)cc2s1. The highest BCUT2D eigenvalue weighted by Crippen LogP contribution is 2.33. The third kappa shape index (κ3) is 2.17. The number of carbonyl (C=O) groups is 1. The molecule has 1 heterocycles. The molecule has 1 aromatic heterocycles. The molecule has 0 saturated heterocycles. The van der Waals surface area contributed by atoms with Gasteiger partial charge in [-0.3, -0.25) is 0 Å². The number of hydrogen-bond donors (Lipinski definition) is 0. The van der Waals surface area contributed by atoms with Crippen molar-refractivity contribution in [3.8, 4) is 0 Å². The van der Waals surface area contributed by atoms with Crippen LogP contribution >= 0.6 is 34.5 Å². The van der Waals surface area contributed by atoms with Crippen molar-refractivity contribution in [3.63, 3.8) is 0 Å². The Kier molecular flexibility index (Phi) is 3.38. The van der Waals surface area contributed by atoms with Crippen LogP contribution in [0.25, 0.3) is 10.1 Å². The molecule has 1 aromatic carbocycles. The summed E-state index contributed by atoms with van der Waals surface area (Å²) >= 11 is 13.1. The van der Waals surface area contributed by atoms with E-state index in [1.807, 2.05) is 0 Å².